The lowest BCUT2D eigenvalue weighted by atomic mass is 10.1. The molecular formula is C20H20N4O3S2. The number of pyridine rings is 1. The second kappa shape index (κ2) is 7.60. The van der Waals surface area contributed by atoms with E-state index in [0.717, 1.165) is 32.2 Å². The van der Waals surface area contributed by atoms with E-state index in [-0.39, 0.29) is 11.5 Å². The molecule has 0 saturated heterocycles. The van der Waals surface area contributed by atoms with E-state index < -0.39 is 10.0 Å². The highest BCUT2D eigenvalue weighted by Crippen LogP contribution is 2.36. The average Bonchev–Trinajstić information content (AvgIpc) is 3.38. The van der Waals surface area contributed by atoms with Gasteiger partial charge in [-0.05, 0) is 52.2 Å². The normalized spacial score (nSPS) is 12.0. The minimum Gasteiger partial charge on any atom is -0.392 e. The summed E-state index contributed by atoms with van der Waals surface area (Å²) in [6, 6.07) is 8.70. The van der Waals surface area contributed by atoms with Gasteiger partial charge in [-0.2, -0.15) is 11.3 Å². The second-order valence-corrected chi connectivity index (χ2v) is 9.62. The third kappa shape index (κ3) is 3.53. The molecule has 0 spiro atoms. The number of fused-ring (bicyclic) bond motifs is 1. The van der Waals surface area contributed by atoms with Crippen molar-refractivity contribution in [1.82, 2.24) is 14.3 Å². The number of sulfonamides is 1. The number of hydrogen-bond acceptors (Lipinski definition) is 6. The van der Waals surface area contributed by atoms with E-state index in [4.69, 9.17) is 0 Å². The Labute approximate surface area is 172 Å². The molecule has 9 heteroatoms. The molecule has 0 radical (unpaired) electrons. The first-order chi connectivity index (χ1) is 13.9. The van der Waals surface area contributed by atoms with Gasteiger partial charge in [0.1, 0.15) is 5.65 Å². The molecule has 0 atom stereocenters. The van der Waals surface area contributed by atoms with Crippen molar-refractivity contribution in [3.8, 4) is 11.1 Å². The van der Waals surface area contributed by atoms with E-state index in [1.54, 1.807) is 23.6 Å². The van der Waals surface area contributed by atoms with Gasteiger partial charge in [0, 0.05) is 37.7 Å². The number of rotatable bonds is 6. The smallest absolute Gasteiger partial charge is 0.242 e. The van der Waals surface area contributed by atoms with Gasteiger partial charge in [0.15, 0.2) is 0 Å². The largest absolute Gasteiger partial charge is 0.392 e. The Morgan fingerprint density at radius 2 is 2.03 bits per heavy atom. The van der Waals surface area contributed by atoms with Crippen molar-refractivity contribution in [2.24, 2.45) is 0 Å². The van der Waals surface area contributed by atoms with Crippen molar-refractivity contribution in [3.63, 3.8) is 0 Å². The number of hydrogen-bond donors (Lipinski definition) is 3. The Morgan fingerprint density at radius 1 is 1.21 bits per heavy atom. The van der Waals surface area contributed by atoms with Gasteiger partial charge in [-0.25, -0.2) is 17.7 Å². The monoisotopic (exact) mass is 428 g/mol. The number of aliphatic hydroxyl groups excluding tert-OH is 1. The Kier molecular flexibility index (Phi) is 5.13. The first-order valence-corrected chi connectivity index (χ1v) is 11.2. The molecule has 0 fully saturated rings. The van der Waals surface area contributed by atoms with Crippen LogP contribution >= 0.6 is 11.3 Å². The van der Waals surface area contributed by atoms with Gasteiger partial charge in [0.05, 0.1) is 22.6 Å². The second-order valence-electron chi connectivity index (χ2n) is 6.69. The third-order valence-corrected chi connectivity index (χ3v) is 7.20. The molecular weight excluding hydrogens is 408 g/mol. The van der Waals surface area contributed by atoms with Crippen LogP contribution in [0.25, 0.3) is 22.2 Å². The SMILES string of the molecule is CN(C)S(=O)(=O)c1ccc(Nc2c[nH]c3nccc(-c4ccsc4)c23)c(CO)c1. The highest BCUT2D eigenvalue weighted by atomic mass is 32.2. The lowest BCUT2D eigenvalue weighted by Crippen LogP contribution is -2.22. The zero-order chi connectivity index (χ0) is 20.6. The fourth-order valence-electron chi connectivity index (χ4n) is 3.15. The molecule has 3 heterocycles. The van der Waals surface area contributed by atoms with E-state index in [1.807, 2.05) is 17.6 Å². The zero-order valence-electron chi connectivity index (χ0n) is 15.9. The van der Waals surface area contributed by atoms with Crippen molar-refractivity contribution in [2.45, 2.75) is 11.5 Å². The van der Waals surface area contributed by atoms with Crippen LogP contribution in [-0.2, 0) is 16.6 Å². The summed E-state index contributed by atoms with van der Waals surface area (Å²) >= 11 is 1.62. The first-order valence-electron chi connectivity index (χ1n) is 8.84. The lowest BCUT2D eigenvalue weighted by molar-refractivity contribution is 0.282. The fourth-order valence-corrected chi connectivity index (χ4v) is 4.76. The van der Waals surface area contributed by atoms with Crippen molar-refractivity contribution >= 4 is 43.8 Å². The maximum atomic E-state index is 12.4. The van der Waals surface area contributed by atoms with Gasteiger partial charge in [-0.15, -0.1) is 0 Å². The summed E-state index contributed by atoms with van der Waals surface area (Å²) in [5, 5.41) is 18.2. The highest BCUT2D eigenvalue weighted by molar-refractivity contribution is 7.89. The van der Waals surface area contributed by atoms with Gasteiger partial charge in [0.2, 0.25) is 10.0 Å². The van der Waals surface area contributed by atoms with Crippen LogP contribution in [0.15, 0.2) is 58.4 Å². The summed E-state index contributed by atoms with van der Waals surface area (Å²) in [4.78, 5) is 7.70. The van der Waals surface area contributed by atoms with Crippen molar-refractivity contribution in [3.05, 3.63) is 59.0 Å². The molecule has 3 N–H and O–H groups in total. The van der Waals surface area contributed by atoms with E-state index in [9.17, 15) is 13.5 Å². The number of thiophene rings is 1. The number of nitrogens with one attached hydrogen (secondary N) is 2. The maximum Gasteiger partial charge on any atom is 0.242 e. The number of aliphatic hydroxyl groups is 1. The van der Waals surface area contributed by atoms with E-state index >= 15 is 0 Å². The molecule has 0 unspecified atom stereocenters. The number of anilines is 2. The number of benzene rings is 1. The maximum absolute atomic E-state index is 12.4. The molecule has 7 nitrogen and oxygen atoms in total. The Bertz CT molecular complexity index is 1260. The summed E-state index contributed by atoms with van der Waals surface area (Å²) in [6.45, 7) is -0.295. The summed E-state index contributed by atoms with van der Waals surface area (Å²) in [5.74, 6) is 0. The number of aromatic nitrogens is 2. The van der Waals surface area contributed by atoms with Crippen LogP contribution in [0, 0.1) is 0 Å². The number of nitrogens with zero attached hydrogens (tertiary/aromatic N) is 2. The molecule has 150 valence electrons. The van der Waals surface area contributed by atoms with E-state index in [2.05, 4.69) is 26.7 Å². The minimum atomic E-state index is -3.58. The average molecular weight is 429 g/mol. The van der Waals surface area contributed by atoms with E-state index in [1.165, 1.54) is 26.2 Å². The fraction of sp³-hybridized carbons (Fsp3) is 0.150. The Morgan fingerprint density at radius 3 is 2.72 bits per heavy atom. The molecule has 4 rings (SSSR count). The quantitative estimate of drug-likeness (QED) is 0.434. The van der Waals surface area contributed by atoms with Crippen molar-refractivity contribution < 1.29 is 13.5 Å². The van der Waals surface area contributed by atoms with Gasteiger partial charge in [-0.1, -0.05) is 0 Å². The van der Waals surface area contributed by atoms with E-state index in [0.29, 0.717) is 11.3 Å². The van der Waals surface area contributed by atoms with Gasteiger partial charge < -0.3 is 15.4 Å². The highest BCUT2D eigenvalue weighted by Gasteiger charge is 2.19. The molecule has 3 aromatic heterocycles. The first kappa shape index (κ1) is 19.6. The molecule has 0 aliphatic carbocycles. The molecule has 0 bridgehead atoms. The zero-order valence-corrected chi connectivity index (χ0v) is 17.5. The summed E-state index contributed by atoms with van der Waals surface area (Å²) in [7, 11) is -0.625. The Balaban J connectivity index is 1.78. The van der Waals surface area contributed by atoms with Crippen molar-refractivity contribution in [2.75, 3.05) is 19.4 Å². The van der Waals surface area contributed by atoms with Crippen molar-refractivity contribution in [1.29, 1.82) is 0 Å². The lowest BCUT2D eigenvalue weighted by Gasteiger charge is -2.15. The summed E-state index contributed by atoms with van der Waals surface area (Å²) in [6.07, 6.45) is 3.58. The predicted molar refractivity (Wildman–Crippen MR) is 116 cm³/mol. The molecule has 4 aromatic rings. The third-order valence-electron chi connectivity index (χ3n) is 4.70. The molecule has 1 aromatic carbocycles. The Hall–Kier alpha value is -2.72. The van der Waals surface area contributed by atoms with Crippen LogP contribution in [-0.4, -0.2) is 41.9 Å². The van der Waals surface area contributed by atoms with Crippen LogP contribution in [0.4, 0.5) is 11.4 Å². The van der Waals surface area contributed by atoms with Gasteiger partial charge in [-0.3, -0.25) is 0 Å². The predicted octanol–water partition coefficient (Wildman–Crippen LogP) is 3.78. The molecule has 29 heavy (non-hydrogen) atoms. The molecule has 0 aliphatic rings. The molecule has 0 aliphatic heterocycles. The summed E-state index contributed by atoms with van der Waals surface area (Å²) in [5.41, 5.74) is 4.80. The van der Waals surface area contributed by atoms with Crippen LogP contribution in [0.5, 0.6) is 0 Å². The summed E-state index contributed by atoms with van der Waals surface area (Å²) < 4.78 is 25.9. The number of H-pyrrole nitrogens is 1. The van der Waals surface area contributed by atoms with Crippen LogP contribution in [0.2, 0.25) is 0 Å². The number of aromatic amines is 1. The minimum absolute atomic E-state index is 0.136. The van der Waals surface area contributed by atoms with Gasteiger partial charge >= 0.3 is 0 Å². The standard InChI is InChI=1S/C20H20N4O3S2/c1-24(2)29(26,27)15-3-4-17(14(9-15)11-25)23-18-10-22-20-19(18)16(5-7-21-20)13-6-8-28-12-13/h3-10,12,23,25H,11H2,1-2H3,(H,21,22). The molecule has 0 saturated carbocycles. The van der Waals surface area contributed by atoms with Crippen LogP contribution < -0.4 is 5.32 Å². The van der Waals surface area contributed by atoms with Crippen LogP contribution in [0.1, 0.15) is 5.56 Å². The van der Waals surface area contributed by atoms with Gasteiger partial charge in [0.25, 0.3) is 0 Å². The van der Waals surface area contributed by atoms with Crippen LogP contribution in [0.3, 0.4) is 0 Å². The molecule has 0 amide bonds. The topological polar surface area (TPSA) is 98.3 Å².